The minimum atomic E-state index is 0.345. The van der Waals surface area contributed by atoms with Crippen molar-refractivity contribution in [2.24, 2.45) is 0 Å². The summed E-state index contributed by atoms with van der Waals surface area (Å²) in [4.78, 5) is 2.07. The second-order valence-electron chi connectivity index (χ2n) is 5.32. The fourth-order valence-electron chi connectivity index (χ4n) is 2.46. The smallest absolute Gasteiger partial charge is 0.108 e. The summed E-state index contributed by atoms with van der Waals surface area (Å²) in [6, 6.07) is 17.4. The third-order valence-corrected chi connectivity index (χ3v) is 4.65. The molecule has 106 valence electrons. The van der Waals surface area contributed by atoms with Crippen molar-refractivity contribution in [1.29, 1.82) is 0 Å². The normalized spacial score (nSPS) is 11.0. The van der Waals surface area contributed by atoms with E-state index in [4.69, 9.17) is 12.2 Å². The molecule has 1 N–H and O–H groups in total. The first kappa shape index (κ1) is 14.2. The van der Waals surface area contributed by atoms with Crippen LogP contribution in [0.3, 0.4) is 0 Å². The topological polar surface area (TPSA) is 12.0 Å². The largest absolute Gasteiger partial charge is 0.374 e. The quantitative estimate of drug-likeness (QED) is 0.664. The highest BCUT2D eigenvalue weighted by molar-refractivity contribution is 7.80. The van der Waals surface area contributed by atoms with Crippen molar-refractivity contribution < 1.29 is 0 Å². The Hall–Kier alpha value is -1.71. The lowest BCUT2D eigenvalue weighted by molar-refractivity contribution is 0.741. The van der Waals surface area contributed by atoms with Gasteiger partial charge < -0.3 is 5.32 Å². The Bertz CT molecular complexity index is 781. The van der Waals surface area contributed by atoms with Crippen molar-refractivity contribution in [2.75, 3.05) is 0 Å². The Morgan fingerprint density at radius 2 is 1.81 bits per heavy atom. The third-order valence-electron chi connectivity index (χ3n) is 3.36. The molecule has 0 saturated carbocycles. The Labute approximate surface area is 134 Å². The summed E-state index contributed by atoms with van der Waals surface area (Å²) in [5.74, 6) is 0. The van der Waals surface area contributed by atoms with Crippen molar-refractivity contribution in [1.82, 2.24) is 5.32 Å². The standard InChI is InChI=1S/C18H17NS2/c1-12(2)19-18(20)16-10-11-21-17(16)15-9-5-7-13-6-3-4-8-14(13)15/h3-12H,1-2H3,(H,19,20). The number of rotatable bonds is 3. The van der Waals surface area contributed by atoms with Gasteiger partial charge in [-0.15, -0.1) is 11.3 Å². The first-order valence-corrected chi connectivity index (χ1v) is 8.32. The van der Waals surface area contributed by atoms with E-state index < -0.39 is 0 Å². The molecular formula is C18H17NS2. The average Bonchev–Trinajstić information content (AvgIpc) is 2.95. The fraction of sp³-hybridized carbons (Fsp3) is 0.167. The zero-order valence-electron chi connectivity index (χ0n) is 12.1. The van der Waals surface area contributed by atoms with E-state index in [2.05, 4.69) is 73.1 Å². The monoisotopic (exact) mass is 311 g/mol. The van der Waals surface area contributed by atoms with Crippen LogP contribution in [-0.2, 0) is 0 Å². The van der Waals surface area contributed by atoms with Crippen molar-refractivity contribution >= 4 is 39.3 Å². The van der Waals surface area contributed by atoms with Crippen LogP contribution in [0, 0.1) is 0 Å². The van der Waals surface area contributed by atoms with Gasteiger partial charge in [0.25, 0.3) is 0 Å². The molecule has 0 aliphatic rings. The molecule has 0 amide bonds. The van der Waals surface area contributed by atoms with Crippen LogP contribution in [0.2, 0.25) is 0 Å². The third kappa shape index (κ3) is 2.85. The molecule has 0 spiro atoms. The molecule has 3 aromatic rings. The van der Waals surface area contributed by atoms with Gasteiger partial charge in [0.2, 0.25) is 0 Å². The number of hydrogen-bond acceptors (Lipinski definition) is 2. The highest BCUT2D eigenvalue weighted by Crippen LogP contribution is 2.35. The molecule has 3 rings (SSSR count). The molecular weight excluding hydrogens is 294 g/mol. The van der Waals surface area contributed by atoms with Gasteiger partial charge >= 0.3 is 0 Å². The summed E-state index contributed by atoms with van der Waals surface area (Å²) in [6.07, 6.45) is 0. The van der Waals surface area contributed by atoms with Gasteiger partial charge in [-0.1, -0.05) is 54.7 Å². The lowest BCUT2D eigenvalue weighted by Crippen LogP contribution is -2.29. The second-order valence-corrected chi connectivity index (χ2v) is 6.64. The number of nitrogens with one attached hydrogen (secondary N) is 1. The summed E-state index contributed by atoms with van der Waals surface area (Å²) >= 11 is 7.30. The van der Waals surface area contributed by atoms with Crippen LogP contribution < -0.4 is 5.32 Å². The van der Waals surface area contributed by atoms with E-state index in [1.807, 2.05) is 0 Å². The van der Waals surface area contributed by atoms with Gasteiger partial charge in [-0.2, -0.15) is 0 Å². The van der Waals surface area contributed by atoms with E-state index in [9.17, 15) is 0 Å². The van der Waals surface area contributed by atoms with Crippen molar-refractivity contribution in [3.8, 4) is 10.4 Å². The summed E-state index contributed by atoms with van der Waals surface area (Å²) < 4.78 is 0. The molecule has 1 nitrogen and oxygen atoms in total. The minimum absolute atomic E-state index is 0.345. The van der Waals surface area contributed by atoms with E-state index in [0.717, 1.165) is 10.6 Å². The Balaban J connectivity index is 2.12. The molecule has 0 unspecified atom stereocenters. The van der Waals surface area contributed by atoms with E-state index in [-0.39, 0.29) is 0 Å². The van der Waals surface area contributed by atoms with Gasteiger partial charge in [-0.3, -0.25) is 0 Å². The number of thiophene rings is 1. The first-order valence-electron chi connectivity index (χ1n) is 7.03. The molecule has 21 heavy (non-hydrogen) atoms. The number of thiocarbonyl (C=S) groups is 1. The van der Waals surface area contributed by atoms with Crippen LogP contribution in [-0.4, -0.2) is 11.0 Å². The van der Waals surface area contributed by atoms with Crippen LogP contribution in [0.4, 0.5) is 0 Å². The zero-order chi connectivity index (χ0) is 14.8. The molecule has 0 bridgehead atoms. The van der Waals surface area contributed by atoms with E-state index in [0.29, 0.717) is 6.04 Å². The minimum Gasteiger partial charge on any atom is -0.374 e. The van der Waals surface area contributed by atoms with Gasteiger partial charge in [-0.25, -0.2) is 0 Å². The summed E-state index contributed by atoms with van der Waals surface area (Å²) in [6.45, 7) is 4.21. The lowest BCUT2D eigenvalue weighted by Gasteiger charge is -2.13. The first-order chi connectivity index (χ1) is 10.2. The van der Waals surface area contributed by atoms with Gasteiger partial charge in [0, 0.05) is 22.0 Å². The maximum Gasteiger partial charge on any atom is 0.108 e. The van der Waals surface area contributed by atoms with E-state index in [1.165, 1.54) is 21.2 Å². The lowest BCUT2D eigenvalue weighted by atomic mass is 10.0. The Kier molecular flexibility index (Phi) is 4.04. The zero-order valence-corrected chi connectivity index (χ0v) is 13.7. The van der Waals surface area contributed by atoms with Gasteiger partial charge in [0.1, 0.15) is 4.99 Å². The molecule has 1 aromatic heterocycles. The van der Waals surface area contributed by atoms with Crippen LogP contribution >= 0.6 is 23.6 Å². The average molecular weight is 311 g/mol. The van der Waals surface area contributed by atoms with Crippen molar-refractivity contribution in [3.05, 3.63) is 59.5 Å². The SMILES string of the molecule is CC(C)NC(=S)c1ccsc1-c1cccc2ccccc12. The summed E-state index contributed by atoms with van der Waals surface area (Å²) in [5.41, 5.74) is 2.38. The van der Waals surface area contributed by atoms with Crippen LogP contribution in [0.5, 0.6) is 0 Å². The Morgan fingerprint density at radius 3 is 2.62 bits per heavy atom. The van der Waals surface area contributed by atoms with Crippen LogP contribution in [0.25, 0.3) is 21.2 Å². The van der Waals surface area contributed by atoms with Crippen molar-refractivity contribution in [3.63, 3.8) is 0 Å². The molecule has 0 atom stereocenters. The summed E-state index contributed by atoms with van der Waals surface area (Å²) in [5, 5.41) is 7.99. The molecule has 0 aliphatic carbocycles. The highest BCUT2D eigenvalue weighted by Gasteiger charge is 2.13. The highest BCUT2D eigenvalue weighted by atomic mass is 32.1. The van der Waals surface area contributed by atoms with Gasteiger partial charge in [-0.05, 0) is 36.1 Å². The number of fused-ring (bicyclic) bond motifs is 1. The Morgan fingerprint density at radius 1 is 1.05 bits per heavy atom. The van der Waals surface area contributed by atoms with E-state index >= 15 is 0 Å². The molecule has 0 fully saturated rings. The van der Waals surface area contributed by atoms with Gasteiger partial charge in [0.15, 0.2) is 0 Å². The molecule has 0 saturated heterocycles. The summed E-state index contributed by atoms with van der Waals surface area (Å²) in [7, 11) is 0. The maximum absolute atomic E-state index is 5.56. The maximum atomic E-state index is 5.56. The molecule has 0 radical (unpaired) electrons. The number of benzene rings is 2. The predicted molar refractivity (Wildman–Crippen MR) is 97.2 cm³/mol. The molecule has 0 aliphatic heterocycles. The number of hydrogen-bond donors (Lipinski definition) is 1. The second kappa shape index (κ2) is 5.96. The van der Waals surface area contributed by atoms with Crippen LogP contribution in [0.1, 0.15) is 19.4 Å². The van der Waals surface area contributed by atoms with E-state index in [1.54, 1.807) is 11.3 Å². The molecule has 3 heteroatoms. The van der Waals surface area contributed by atoms with Crippen LogP contribution in [0.15, 0.2) is 53.9 Å². The predicted octanol–water partition coefficient (Wildman–Crippen LogP) is 5.24. The van der Waals surface area contributed by atoms with Crippen molar-refractivity contribution in [2.45, 2.75) is 19.9 Å². The van der Waals surface area contributed by atoms with Gasteiger partial charge in [0.05, 0.1) is 0 Å². The fourth-order valence-corrected chi connectivity index (χ4v) is 3.87. The molecule has 2 aromatic carbocycles. The molecule has 1 heterocycles.